The van der Waals surface area contributed by atoms with Crippen LogP contribution >= 0.6 is 0 Å². The average molecular weight is 222 g/mol. The lowest BCUT2D eigenvalue weighted by Crippen LogP contribution is -2.37. The van der Waals surface area contributed by atoms with Crippen LogP contribution in [-0.4, -0.2) is 17.6 Å². The van der Waals surface area contributed by atoms with Gasteiger partial charge in [-0.05, 0) is 12.5 Å². The second kappa shape index (κ2) is 3.48. The normalized spacial score (nSPS) is 23.7. The zero-order valence-electron chi connectivity index (χ0n) is 8.60. The van der Waals surface area contributed by atoms with Gasteiger partial charge in [0.1, 0.15) is 12.1 Å². The van der Waals surface area contributed by atoms with E-state index in [1.807, 2.05) is 0 Å². The first-order valence-corrected chi connectivity index (χ1v) is 4.71. The van der Waals surface area contributed by atoms with Crippen molar-refractivity contribution in [1.29, 1.82) is 0 Å². The molecule has 1 atom stereocenters. The van der Waals surface area contributed by atoms with Crippen LogP contribution in [0.25, 0.3) is 0 Å². The molecule has 0 unspecified atom stereocenters. The summed E-state index contributed by atoms with van der Waals surface area (Å²) in [5, 5.41) is 13.3. The highest BCUT2D eigenvalue weighted by molar-refractivity contribution is 5.71. The Labute approximate surface area is 91.4 Å². The predicted octanol–water partition coefficient (Wildman–Crippen LogP) is 1.55. The zero-order chi connectivity index (χ0) is 11.8. The fraction of sp³-hybridized carbons (Fsp3) is 0.300. The first kappa shape index (κ1) is 10.4. The number of nitro groups is 1. The smallest absolute Gasteiger partial charge is 0.408 e. The van der Waals surface area contributed by atoms with Crippen LogP contribution < -0.4 is 5.32 Å². The van der Waals surface area contributed by atoms with Crippen molar-refractivity contribution in [2.45, 2.75) is 12.5 Å². The Kier molecular flexibility index (Phi) is 2.26. The van der Waals surface area contributed by atoms with Crippen LogP contribution in [-0.2, 0) is 10.3 Å². The molecule has 1 heterocycles. The van der Waals surface area contributed by atoms with Crippen molar-refractivity contribution in [3.8, 4) is 0 Å². The fourth-order valence-electron chi connectivity index (χ4n) is 1.63. The van der Waals surface area contributed by atoms with E-state index < -0.39 is 16.6 Å². The van der Waals surface area contributed by atoms with Gasteiger partial charge in [0, 0.05) is 12.1 Å². The van der Waals surface area contributed by atoms with Gasteiger partial charge in [-0.2, -0.15) is 0 Å². The standard InChI is InChI=1S/C10H10N2O4/c1-10(6-16-9(13)11-10)7-3-2-4-8(5-7)12(14)15/h2-5H,6H2,1H3,(H,11,13)/t10-/m0/s1. The van der Waals surface area contributed by atoms with Crippen molar-refractivity contribution in [1.82, 2.24) is 5.32 Å². The number of amides is 1. The Morgan fingerprint density at radius 3 is 2.88 bits per heavy atom. The minimum absolute atomic E-state index is 0.000117. The van der Waals surface area contributed by atoms with Crippen LogP contribution in [0, 0.1) is 10.1 Å². The molecule has 16 heavy (non-hydrogen) atoms. The van der Waals surface area contributed by atoms with E-state index in [0.717, 1.165) is 0 Å². The van der Waals surface area contributed by atoms with E-state index in [9.17, 15) is 14.9 Å². The number of hydrogen-bond donors (Lipinski definition) is 1. The van der Waals surface area contributed by atoms with Crippen molar-refractivity contribution in [3.05, 3.63) is 39.9 Å². The molecular formula is C10H10N2O4. The Morgan fingerprint density at radius 2 is 2.31 bits per heavy atom. The van der Waals surface area contributed by atoms with Gasteiger partial charge in [-0.1, -0.05) is 12.1 Å². The first-order chi connectivity index (χ1) is 7.51. The highest BCUT2D eigenvalue weighted by Crippen LogP contribution is 2.27. The molecule has 6 nitrogen and oxygen atoms in total. The number of rotatable bonds is 2. The number of non-ortho nitro benzene ring substituents is 1. The fourth-order valence-corrected chi connectivity index (χ4v) is 1.63. The van der Waals surface area contributed by atoms with Gasteiger partial charge in [-0.15, -0.1) is 0 Å². The second-order valence-electron chi connectivity index (χ2n) is 3.84. The van der Waals surface area contributed by atoms with Crippen LogP contribution in [0.5, 0.6) is 0 Å². The number of carbonyl (C=O) groups is 1. The maximum atomic E-state index is 11.0. The summed E-state index contributed by atoms with van der Waals surface area (Å²) in [6.45, 7) is 1.93. The summed E-state index contributed by atoms with van der Waals surface area (Å²) in [6, 6.07) is 6.16. The van der Waals surface area contributed by atoms with Crippen LogP contribution in [0.1, 0.15) is 12.5 Å². The van der Waals surface area contributed by atoms with Gasteiger partial charge in [-0.3, -0.25) is 10.1 Å². The van der Waals surface area contributed by atoms with Crippen molar-refractivity contribution in [3.63, 3.8) is 0 Å². The first-order valence-electron chi connectivity index (χ1n) is 4.71. The van der Waals surface area contributed by atoms with Crippen molar-refractivity contribution < 1.29 is 14.5 Å². The molecular weight excluding hydrogens is 212 g/mol. The molecule has 1 aliphatic heterocycles. The molecule has 2 rings (SSSR count). The summed E-state index contributed by atoms with van der Waals surface area (Å²) < 4.78 is 4.80. The number of cyclic esters (lactones) is 1. The lowest BCUT2D eigenvalue weighted by Gasteiger charge is -2.20. The molecule has 0 radical (unpaired) electrons. The third kappa shape index (κ3) is 1.69. The maximum Gasteiger partial charge on any atom is 0.408 e. The number of nitrogens with one attached hydrogen (secondary N) is 1. The summed E-state index contributed by atoms with van der Waals surface area (Å²) in [7, 11) is 0. The monoisotopic (exact) mass is 222 g/mol. The molecule has 1 aromatic rings. The molecule has 0 bridgehead atoms. The van der Waals surface area contributed by atoms with Crippen LogP contribution in [0.2, 0.25) is 0 Å². The third-order valence-electron chi connectivity index (χ3n) is 2.56. The number of benzene rings is 1. The molecule has 1 aliphatic rings. The molecule has 0 saturated carbocycles. The predicted molar refractivity (Wildman–Crippen MR) is 54.9 cm³/mol. The summed E-state index contributed by atoms with van der Waals surface area (Å²) in [5.41, 5.74) is -0.0317. The summed E-state index contributed by atoms with van der Waals surface area (Å²) in [5.74, 6) is 0. The number of hydrogen-bond acceptors (Lipinski definition) is 4. The molecule has 0 aliphatic carbocycles. The quantitative estimate of drug-likeness (QED) is 0.608. The number of carbonyl (C=O) groups excluding carboxylic acids is 1. The van der Waals surface area contributed by atoms with E-state index >= 15 is 0 Å². The zero-order valence-corrected chi connectivity index (χ0v) is 8.60. The summed E-state index contributed by atoms with van der Waals surface area (Å²) in [4.78, 5) is 21.1. The average Bonchev–Trinajstić information content (AvgIpc) is 2.60. The van der Waals surface area contributed by atoms with Gasteiger partial charge in [0.25, 0.3) is 5.69 Å². The Morgan fingerprint density at radius 1 is 1.56 bits per heavy atom. The highest BCUT2D eigenvalue weighted by atomic mass is 16.6. The van der Waals surface area contributed by atoms with Gasteiger partial charge in [0.2, 0.25) is 0 Å². The number of nitro benzene ring substituents is 1. The summed E-state index contributed by atoms with van der Waals surface area (Å²) >= 11 is 0. The van der Waals surface area contributed by atoms with E-state index in [1.165, 1.54) is 12.1 Å². The minimum atomic E-state index is -0.691. The largest absolute Gasteiger partial charge is 0.447 e. The number of nitrogens with zero attached hydrogens (tertiary/aromatic N) is 1. The molecule has 1 N–H and O–H groups in total. The Balaban J connectivity index is 2.37. The molecule has 1 saturated heterocycles. The van der Waals surface area contributed by atoms with Crippen molar-refractivity contribution in [2.24, 2.45) is 0 Å². The maximum absolute atomic E-state index is 11.0. The molecule has 6 heteroatoms. The van der Waals surface area contributed by atoms with E-state index in [0.29, 0.717) is 5.56 Å². The molecule has 1 fully saturated rings. The van der Waals surface area contributed by atoms with E-state index in [2.05, 4.69) is 5.32 Å². The van der Waals surface area contributed by atoms with E-state index in [1.54, 1.807) is 19.1 Å². The van der Waals surface area contributed by atoms with Crippen LogP contribution in [0.3, 0.4) is 0 Å². The minimum Gasteiger partial charge on any atom is -0.447 e. The third-order valence-corrected chi connectivity index (χ3v) is 2.56. The van der Waals surface area contributed by atoms with Crippen molar-refractivity contribution >= 4 is 11.8 Å². The highest BCUT2D eigenvalue weighted by Gasteiger charge is 2.37. The lowest BCUT2D eigenvalue weighted by atomic mass is 9.93. The van der Waals surface area contributed by atoms with Crippen LogP contribution in [0.15, 0.2) is 24.3 Å². The Bertz CT molecular complexity index is 460. The van der Waals surface area contributed by atoms with E-state index in [-0.39, 0.29) is 12.3 Å². The molecule has 1 amide bonds. The van der Waals surface area contributed by atoms with Gasteiger partial charge in [-0.25, -0.2) is 4.79 Å². The SMILES string of the molecule is C[C@@]1(c2cccc([N+](=O)[O-])c2)COC(=O)N1. The topological polar surface area (TPSA) is 81.5 Å². The number of ether oxygens (including phenoxy) is 1. The lowest BCUT2D eigenvalue weighted by molar-refractivity contribution is -0.385. The van der Waals surface area contributed by atoms with Crippen molar-refractivity contribution in [2.75, 3.05) is 6.61 Å². The Hall–Kier alpha value is -2.11. The molecule has 84 valence electrons. The second-order valence-corrected chi connectivity index (χ2v) is 3.84. The van der Waals surface area contributed by atoms with E-state index in [4.69, 9.17) is 4.74 Å². The van der Waals surface area contributed by atoms with Crippen LogP contribution in [0.4, 0.5) is 10.5 Å². The molecule has 0 aromatic heterocycles. The molecule has 0 spiro atoms. The van der Waals surface area contributed by atoms with Gasteiger partial charge < -0.3 is 10.1 Å². The number of alkyl carbamates (subject to hydrolysis) is 1. The molecule has 1 aromatic carbocycles. The van der Waals surface area contributed by atoms with Gasteiger partial charge in [0.05, 0.1) is 4.92 Å². The van der Waals surface area contributed by atoms with Gasteiger partial charge in [0.15, 0.2) is 0 Å². The summed E-state index contributed by atoms with van der Waals surface area (Å²) in [6.07, 6.45) is -0.506. The van der Waals surface area contributed by atoms with Gasteiger partial charge >= 0.3 is 6.09 Å².